The Balaban J connectivity index is 2.48. The van der Waals surface area contributed by atoms with Crippen LogP contribution in [0.3, 0.4) is 0 Å². The van der Waals surface area contributed by atoms with Gasteiger partial charge in [-0.1, -0.05) is 24.8 Å². The lowest BCUT2D eigenvalue weighted by atomic mass is 10.3. The van der Waals surface area contributed by atoms with Gasteiger partial charge in [-0.25, -0.2) is 0 Å². The number of rotatable bonds is 8. The smallest absolute Gasteiger partial charge is 0.169 e. The molecule has 3 nitrogen and oxygen atoms in total. The monoisotopic (exact) mass is 369 g/mol. The van der Waals surface area contributed by atoms with Crippen LogP contribution in [0.25, 0.3) is 0 Å². The van der Waals surface area contributed by atoms with E-state index >= 15 is 0 Å². The second kappa shape index (κ2) is 9.78. The van der Waals surface area contributed by atoms with Gasteiger partial charge in [0.15, 0.2) is 9.79 Å². The van der Waals surface area contributed by atoms with Gasteiger partial charge >= 0.3 is 0 Å². The Hall–Kier alpha value is -2.59. The largest absolute Gasteiger partial charge is 0.497 e. The van der Waals surface area contributed by atoms with E-state index in [1.54, 1.807) is 21.3 Å². The van der Waals surface area contributed by atoms with Gasteiger partial charge in [0.1, 0.15) is 22.2 Å². The predicted octanol–water partition coefficient (Wildman–Crippen LogP) is 5.36. The van der Waals surface area contributed by atoms with E-state index in [1.807, 2.05) is 36.4 Å². The summed E-state index contributed by atoms with van der Waals surface area (Å²) in [5.41, 5.74) is 0. The standard InChI is InChI=1S/C22H25O3S/c1-17(23-3)9-6-10-18(2)26(21-13-7-11-19(15-21)24-4)22-14-8-12-20(16-22)25-5/h6-16H,1H2,2-5H3/q+1/b9-6-,18-10+. The van der Waals surface area contributed by atoms with E-state index in [1.165, 1.54) is 14.7 Å². The van der Waals surface area contributed by atoms with Crippen molar-refractivity contribution in [3.8, 4) is 11.5 Å². The molecule has 2 aromatic carbocycles. The summed E-state index contributed by atoms with van der Waals surface area (Å²) in [4.78, 5) is 3.59. The van der Waals surface area contributed by atoms with Crippen molar-refractivity contribution in [3.05, 3.63) is 84.0 Å². The highest BCUT2D eigenvalue weighted by molar-refractivity contribution is 8.00. The topological polar surface area (TPSA) is 27.7 Å². The maximum atomic E-state index is 5.41. The second-order valence-corrected chi connectivity index (χ2v) is 7.67. The van der Waals surface area contributed by atoms with Gasteiger partial charge in [-0.05, 0) is 36.4 Å². The lowest BCUT2D eigenvalue weighted by molar-refractivity contribution is 0.309. The Bertz CT molecular complexity index is 761. The molecule has 26 heavy (non-hydrogen) atoms. The molecule has 0 aromatic heterocycles. The molecule has 0 saturated heterocycles. The van der Waals surface area contributed by atoms with E-state index in [-0.39, 0.29) is 10.9 Å². The maximum Gasteiger partial charge on any atom is 0.169 e. The van der Waals surface area contributed by atoms with E-state index in [0.29, 0.717) is 5.76 Å². The first-order chi connectivity index (χ1) is 12.6. The molecule has 0 heterocycles. The number of methoxy groups -OCH3 is 3. The number of hydrogen-bond donors (Lipinski definition) is 0. The molecule has 2 rings (SSSR count). The molecule has 0 unspecified atom stereocenters. The summed E-state index contributed by atoms with van der Waals surface area (Å²) in [6.07, 6.45) is 5.90. The average Bonchev–Trinajstić information content (AvgIpc) is 2.68. The molecule has 0 aliphatic heterocycles. The molecular formula is C22H25O3S+. The van der Waals surface area contributed by atoms with Crippen molar-refractivity contribution < 1.29 is 14.2 Å². The number of ether oxygens (including phenoxy) is 3. The summed E-state index contributed by atoms with van der Waals surface area (Å²) >= 11 is 0. The third-order valence-corrected chi connectivity index (χ3v) is 5.98. The molecule has 0 spiro atoms. The van der Waals surface area contributed by atoms with Crippen LogP contribution in [-0.2, 0) is 15.6 Å². The molecule has 0 aliphatic rings. The fourth-order valence-corrected chi connectivity index (χ4v) is 4.52. The third kappa shape index (κ3) is 5.20. The fraction of sp³-hybridized carbons (Fsp3) is 0.182. The van der Waals surface area contributed by atoms with Gasteiger partial charge < -0.3 is 14.2 Å². The minimum absolute atomic E-state index is 0.257. The normalized spacial score (nSPS) is 11.7. The van der Waals surface area contributed by atoms with Crippen molar-refractivity contribution >= 4 is 10.9 Å². The van der Waals surface area contributed by atoms with E-state index in [0.717, 1.165) is 11.5 Å². The molecule has 2 aromatic rings. The van der Waals surface area contributed by atoms with Crippen LogP contribution in [0.15, 0.2) is 93.8 Å². The minimum atomic E-state index is -0.257. The third-order valence-electron chi connectivity index (χ3n) is 3.75. The molecule has 4 heteroatoms. The molecule has 0 fully saturated rings. The van der Waals surface area contributed by atoms with Crippen LogP contribution >= 0.6 is 0 Å². The van der Waals surface area contributed by atoms with E-state index in [4.69, 9.17) is 14.2 Å². The van der Waals surface area contributed by atoms with Crippen LogP contribution in [0.1, 0.15) is 6.92 Å². The molecule has 0 N–H and O–H groups in total. The van der Waals surface area contributed by atoms with Crippen LogP contribution in [0, 0.1) is 0 Å². The summed E-state index contributed by atoms with van der Waals surface area (Å²) in [5, 5.41) is 0. The van der Waals surface area contributed by atoms with Gasteiger partial charge in [-0.3, -0.25) is 0 Å². The number of hydrogen-bond acceptors (Lipinski definition) is 3. The number of benzene rings is 2. The summed E-state index contributed by atoms with van der Waals surface area (Å²) in [5.74, 6) is 2.31. The van der Waals surface area contributed by atoms with Crippen molar-refractivity contribution in [1.29, 1.82) is 0 Å². The average molecular weight is 370 g/mol. The van der Waals surface area contributed by atoms with E-state index in [9.17, 15) is 0 Å². The van der Waals surface area contributed by atoms with Crippen LogP contribution in [-0.4, -0.2) is 21.3 Å². The van der Waals surface area contributed by atoms with Gasteiger partial charge in [-0.2, -0.15) is 0 Å². The summed E-state index contributed by atoms with van der Waals surface area (Å²) < 4.78 is 15.9. The first-order valence-corrected chi connectivity index (χ1v) is 9.41. The zero-order valence-electron chi connectivity index (χ0n) is 15.7. The van der Waals surface area contributed by atoms with Gasteiger partial charge in [-0.15, -0.1) is 0 Å². The zero-order chi connectivity index (χ0) is 18.9. The van der Waals surface area contributed by atoms with E-state index < -0.39 is 0 Å². The summed E-state index contributed by atoms with van der Waals surface area (Å²) in [6.45, 7) is 5.93. The molecule has 0 amide bonds. The lowest BCUT2D eigenvalue weighted by Gasteiger charge is -2.10. The first-order valence-electron chi connectivity index (χ1n) is 8.19. The van der Waals surface area contributed by atoms with Crippen molar-refractivity contribution in [1.82, 2.24) is 0 Å². The fourth-order valence-electron chi connectivity index (χ4n) is 2.39. The Morgan fingerprint density at radius 1 is 0.923 bits per heavy atom. The van der Waals surface area contributed by atoms with Gasteiger partial charge in [0.05, 0.1) is 32.2 Å². The van der Waals surface area contributed by atoms with Crippen molar-refractivity contribution in [2.24, 2.45) is 0 Å². The highest BCUT2D eigenvalue weighted by Gasteiger charge is 2.29. The Morgan fingerprint density at radius 3 is 1.92 bits per heavy atom. The molecule has 0 bridgehead atoms. The van der Waals surface area contributed by atoms with Crippen molar-refractivity contribution in [3.63, 3.8) is 0 Å². The first kappa shape index (κ1) is 19.7. The number of allylic oxidation sites excluding steroid dienone is 4. The lowest BCUT2D eigenvalue weighted by Crippen LogP contribution is -2.05. The Morgan fingerprint density at radius 2 is 1.46 bits per heavy atom. The van der Waals surface area contributed by atoms with Crippen molar-refractivity contribution in [2.45, 2.75) is 16.7 Å². The summed E-state index contributed by atoms with van der Waals surface area (Å²) in [7, 11) is 4.72. The Labute approximate surface area is 159 Å². The SMILES string of the molecule is C=C(/C=C\C=C(/C)[S+](c1cccc(OC)c1)c1cccc(OC)c1)OC. The second-order valence-electron chi connectivity index (χ2n) is 5.47. The van der Waals surface area contributed by atoms with E-state index in [2.05, 4.69) is 43.8 Å². The van der Waals surface area contributed by atoms with Gasteiger partial charge in [0.25, 0.3) is 0 Å². The van der Waals surface area contributed by atoms with Crippen LogP contribution in [0.5, 0.6) is 11.5 Å². The molecule has 136 valence electrons. The predicted molar refractivity (Wildman–Crippen MR) is 109 cm³/mol. The molecular weight excluding hydrogens is 344 g/mol. The minimum Gasteiger partial charge on any atom is -0.497 e. The van der Waals surface area contributed by atoms with Gasteiger partial charge in [0, 0.05) is 19.1 Å². The molecule has 0 atom stereocenters. The Kier molecular flexibility index (Phi) is 7.42. The highest BCUT2D eigenvalue weighted by atomic mass is 32.2. The maximum absolute atomic E-state index is 5.41. The van der Waals surface area contributed by atoms with Crippen LogP contribution < -0.4 is 9.47 Å². The van der Waals surface area contributed by atoms with Crippen LogP contribution in [0.2, 0.25) is 0 Å². The molecule has 0 saturated carbocycles. The zero-order valence-corrected chi connectivity index (χ0v) is 16.5. The van der Waals surface area contributed by atoms with Gasteiger partial charge in [0.2, 0.25) is 0 Å². The quantitative estimate of drug-likeness (QED) is 0.356. The van der Waals surface area contributed by atoms with Crippen LogP contribution in [0.4, 0.5) is 0 Å². The van der Waals surface area contributed by atoms with Crippen molar-refractivity contribution in [2.75, 3.05) is 21.3 Å². The molecule has 0 aliphatic carbocycles. The highest BCUT2D eigenvalue weighted by Crippen LogP contribution is 2.33. The molecule has 0 radical (unpaired) electrons. The summed E-state index contributed by atoms with van der Waals surface area (Å²) in [6, 6.07) is 16.4.